The maximum Gasteiger partial charge on any atom is 0.305 e. The highest BCUT2D eigenvalue weighted by atomic mass is 19.1. The highest BCUT2D eigenvalue weighted by Crippen LogP contribution is 2.35. The van der Waals surface area contributed by atoms with Crippen molar-refractivity contribution in [3.05, 3.63) is 23.8 Å². The zero-order valence-corrected chi connectivity index (χ0v) is 10.9. The number of carbonyl (C=O) groups is 2. The predicted octanol–water partition coefficient (Wildman–Crippen LogP) is 1.61. The van der Waals surface area contributed by atoms with E-state index in [9.17, 15) is 18.4 Å². The van der Waals surface area contributed by atoms with E-state index in [4.69, 9.17) is 5.11 Å². The van der Waals surface area contributed by atoms with Crippen LogP contribution in [0.4, 0.5) is 20.2 Å². The van der Waals surface area contributed by atoms with Crippen molar-refractivity contribution < 1.29 is 23.5 Å². The van der Waals surface area contributed by atoms with Crippen LogP contribution in [0, 0.1) is 11.6 Å². The summed E-state index contributed by atoms with van der Waals surface area (Å²) in [5.41, 5.74) is 0.191. The number of rotatable bonds is 3. The molecule has 1 aromatic carbocycles. The molecular weight excluding hydrogens is 270 g/mol. The van der Waals surface area contributed by atoms with E-state index in [1.807, 2.05) is 0 Å². The van der Waals surface area contributed by atoms with E-state index in [0.717, 1.165) is 11.0 Å². The number of amides is 1. The van der Waals surface area contributed by atoms with Gasteiger partial charge >= 0.3 is 5.97 Å². The molecule has 20 heavy (non-hydrogen) atoms. The summed E-state index contributed by atoms with van der Waals surface area (Å²) >= 11 is 0. The summed E-state index contributed by atoms with van der Waals surface area (Å²) in [7, 11) is 1.42. The predicted molar refractivity (Wildman–Crippen MR) is 68.9 cm³/mol. The number of carboxylic acids is 1. The molecule has 0 spiro atoms. The number of benzene rings is 1. The molecule has 108 valence electrons. The van der Waals surface area contributed by atoms with Crippen molar-refractivity contribution in [2.45, 2.75) is 12.8 Å². The van der Waals surface area contributed by atoms with Crippen molar-refractivity contribution in [3.8, 4) is 0 Å². The third-order valence-corrected chi connectivity index (χ3v) is 3.25. The van der Waals surface area contributed by atoms with Crippen molar-refractivity contribution in [1.82, 2.24) is 0 Å². The van der Waals surface area contributed by atoms with Crippen LogP contribution in [-0.2, 0) is 9.59 Å². The van der Waals surface area contributed by atoms with Crippen molar-refractivity contribution in [2.24, 2.45) is 0 Å². The molecule has 0 unspecified atom stereocenters. The second-order valence-electron chi connectivity index (χ2n) is 4.59. The first-order valence-electron chi connectivity index (χ1n) is 6.12. The average Bonchev–Trinajstić information content (AvgIpc) is 2.46. The number of fused-ring (bicyclic) bond motifs is 1. The van der Waals surface area contributed by atoms with Crippen LogP contribution in [0.2, 0.25) is 0 Å². The lowest BCUT2D eigenvalue weighted by Gasteiger charge is -2.25. The molecule has 0 aromatic heterocycles. The summed E-state index contributed by atoms with van der Waals surface area (Å²) in [5.74, 6) is -2.90. The van der Waals surface area contributed by atoms with Gasteiger partial charge in [0.1, 0.15) is 11.5 Å². The summed E-state index contributed by atoms with van der Waals surface area (Å²) in [5, 5.41) is 8.72. The number of aliphatic carboxylic acids is 1. The summed E-state index contributed by atoms with van der Waals surface area (Å²) < 4.78 is 27.3. The van der Waals surface area contributed by atoms with Crippen LogP contribution < -0.4 is 9.80 Å². The molecule has 1 aliphatic heterocycles. The van der Waals surface area contributed by atoms with Crippen LogP contribution in [0.15, 0.2) is 12.1 Å². The highest BCUT2D eigenvalue weighted by molar-refractivity contribution is 5.98. The molecule has 0 bridgehead atoms. The summed E-state index contributed by atoms with van der Waals surface area (Å²) in [6.07, 6.45) is -0.0542. The van der Waals surface area contributed by atoms with Crippen LogP contribution in [0.25, 0.3) is 0 Å². The Labute approximate surface area is 114 Å². The lowest BCUT2D eigenvalue weighted by Crippen LogP contribution is -2.27. The average molecular weight is 284 g/mol. The maximum atomic E-state index is 13.9. The fourth-order valence-corrected chi connectivity index (χ4v) is 2.23. The summed E-state index contributed by atoms with van der Waals surface area (Å²) in [6, 6.07) is 1.83. The Morgan fingerprint density at radius 2 is 2.10 bits per heavy atom. The van der Waals surface area contributed by atoms with Gasteiger partial charge in [-0.15, -0.1) is 0 Å². The number of hydrogen-bond acceptors (Lipinski definition) is 3. The van der Waals surface area contributed by atoms with Gasteiger partial charge in [-0.25, -0.2) is 8.78 Å². The van der Waals surface area contributed by atoms with Gasteiger partial charge in [0.25, 0.3) is 0 Å². The molecule has 7 heteroatoms. The third-order valence-electron chi connectivity index (χ3n) is 3.25. The molecule has 0 atom stereocenters. The Hall–Kier alpha value is -2.18. The number of hydrogen-bond donors (Lipinski definition) is 1. The molecular formula is C13H14F2N2O3. The van der Waals surface area contributed by atoms with E-state index in [1.54, 1.807) is 0 Å². The molecule has 0 saturated heterocycles. The zero-order valence-electron chi connectivity index (χ0n) is 10.9. The molecule has 1 aromatic rings. The van der Waals surface area contributed by atoms with Crippen LogP contribution in [-0.4, -0.2) is 37.1 Å². The maximum absolute atomic E-state index is 13.9. The largest absolute Gasteiger partial charge is 0.481 e. The van der Waals surface area contributed by atoms with Crippen molar-refractivity contribution >= 4 is 23.3 Å². The number of carbonyl (C=O) groups excluding carboxylic acids is 1. The third kappa shape index (κ3) is 2.71. The van der Waals surface area contributed by atoms with E-state index in [0.29, 0.717) is 6.07 Å². The molecule has 1 amide bonds. The van der Waals surface area contributed by atoms with E-state index in [2.05, 4.69) is 0 Å². The Balaban J connectivity index is 2.46. The summed E-state index contributed by atoms with van der Waals surface area (Å²) in [6.45, 7) is 0.318. The molecule has 1 N–H and O–H groups in total. The molecule has 0 fully saturated rings. The standard InChI is InChI=1S/C13H14F2N2O3/c1-16-11(18)2-4-17(5-3-12(19)20)10-7-8(14)6-9(15)13(10)16/h6-7H,2-5H2,1H3,(H,19,20). The highest BCUT2D eigenvalue weighted by Gasteiger charge is 2.27. The lowest BCUT2D eigenvalue weighted by molar-refractivity contribution is -0.136. The minimum absolute atomic E-state index is 0.0145. The lowest BCUT2D eigenvalue weighted by atomic mass is 10.2. The van der Waals surface area contributed by atoms with Crippen molar-refractivity contribution in [3.63, 3.8) is 0 Å². The van der Waals surface area contributed by atoms with Crippen LogP contribution in [0.1, 0.15) is 12.8 Å². The van der Waals surface area contributed by atoms with Gasteiger partial charge in [0.05, 0.1) is 12.1 Å². The topological polar surface area (TPSA) is 60.9 Å². The Morgan fingerprint density at radius 1 is 1.40 bits per heavy atom. The molecule has 1 aliphatic rings. The first-order valence-corrected chi connectivity index (χ1v) is 6.12. The first-order chi connectivity index (χ1) is 9.40. The smallest absolute Gasteiger partial charge is 0.305 e. The fourth-order valence-electron chi connectivity index (χ4n) is 2.23. The first kappa shape index (κ1) is 14.2. The molecule has 2 rings (SSSR count). The van der Waals surface area contributed by atoms with Crippen molar-refractivity contribution in [2.75, 3.05) is 29.9 Å². The second kappa shape index (κ2) is 5.44. The van der Waals surface area contributed by atoms with E-state index < -0.39 is 17.6 Å². The number of anilines is 2. The summed E-state index contributed by atoms with van der Waals surface area (Å²) in [4.78, 5) is 25.1. The van der Waals surface area contributed by atoms with Gasteiger partial charge in [-0.3, -0.25) is 9.59 Å². The van der Waals surface area contributed by atoms with Gasteiger partial charge in [-0.05, 0) is 6.07 Å². The van der Waals surface area contributed by atoms with Crippen LogP contribution in [0.5, 0.6) is 0 Å². The van der Waals surface area contributed by atoms with Gasteiger partial charge in [-0.2, -0.15) is 0 Å². The quantitative estimate of drug-likeness (QED) is 0.916. The van der Waals surface area contributed by atoms with Gasteiger partial charge < -0.3 is 14.9 Å². The number of nitrogens with zero attached hydrogens (tertiary/aromatic N) is 2. The zero-order chi connectivity index (χ0) is 14.9. The fraction of sp³-hybridized carbons (Fsp3) is 0.385. The van der Waals surface area contributed by atoms with Gasteiger partial charge in [0.2, 0.25) is 5.91 Å². The molecule has 0 aliphatic carbocycles. The molecule has 1 heterocycles. The SMILES string of the molecule is CN1C(=O)CCN(CCC(=O)O)c2cc(F)cc(F)c21. The van der Waals surface area contributed by atoms with Gasteiger partial charge in [0.15, 0.2) is 5.82 Å². The molecule has 5 nitrogen and oxygen atoms in total. The monoisotopic (exact) mass is 284 g/mol. The molecule has 0 radical (unpaired) electrons. The Bertz CT molecular complexity index is 563. The Morgan fingerprint density at radius 3 is 2.75 bits per heavy atom. The normalized spacial score (nSPS) is 15.1. The Kier molecular flexibility index (Phi) is 3.87. The van der Waals surface area contributed by atoms with Crippen LogP contribution in [0.3, 0.4) is 0 Å². The van der Waals surface area contributed by atoms with E-state index in [-0.39, 0.29) is 43.2 Å². The van der Waals surface area contributed by atoms with Gasteiger partial charge in [0, 0.05) is 32.6 Å². The minimum Gasteiger partial charge on any atom is -0.481 e. The second-order valence-corrected chi connectivity index (χ2v) is 4.59. The van der Waals surface area contributed by atoms with E-state index >= 15 is 0 Å². The van der Waals surface area contributed by atoms with Crippen LogP contribution >= 0.6 is 0 Å². The molecule has 0 saturated carbocycles. The van der Waals surface area contributed by atoms with E-state index in [1.165, 1.54) is 11.9 Å². The number of halogens is 2. The van der Waals surface area contributed by atoms with Crippen molar-refractivity contribution in [1.29, 1.82) is 0 Å². The number of carboxylic acid groups (broad SMARTS) is 1. The minimum atomic E-state index is -1.01. The van der Waals surface area contributed by atoms with Gasteiger partial charge in [-0.1, -0.05) is 0 Å².